The molecule has 1 aromatic heterocycles. The molecule has 2 rings (SSSR count). The fraction of sp³-hybridized carbons (Fsp3) is 0.615. The van der Waals surface area contributed by atoms with Gasteiger partial charge in [0.1, 0.15) is 9.77 Å². The standard InChI is InChI=1S/C13H20N2O4S2/c1-3-15-6-4-10(5-7-15)14-21(18,19)12-9(2)8-20-11(12)13(16)17/h8,10,14H,3-7H2,1-2H3,(H,16,17). The molecule has 0 saturated carbocycles. The molecule has 0 aliphatic carbocycles. The second-order valence-electron chi connectivity index (χ2n) is 5.21. The smallest absolute Gasteiger partial charge is 0.347 e. The van der Waals surface area contributed by atoms with Crippen LogP contribution in [0.4, 0.5) is 0 Å². The third-order valence-electron chi connectivity index (χ3n) is 3.74. The predicted octanol–water partition coefficient (Wildman–Crippen LogP) is 1.52. The SMILES string of the molecule is CCN1CCC(NS(=O)(=O)c2c(C)csc2C(=O)O)CC1. The van der Waals surface area contributed by atoms with Crippen molar-refractivity contribution in [3.8, 4) is 0 Å². The number of carboxylic acid groups (broad SMARTS) is 1. The molecule has 0 radical (unpaired) electrons. The largest absolute Gasteiger partial charge is 0.477 e. The van der Waals surface area contributed by atoms with Gasteiger partial charge in [0, 0.05) is 6.04 Å². The molecule has 0 amide bonds. The monoisotopic (exact) mass is 332 g/mol. The third kappa shape index (κ3) is 3.63. The summed E-state index contributed by atoms with van der Waals surface area (Å²) < 4.78 is 27.6. The number of hydrogen-bond donors (Lipinski definition) is 2. The first-order valence-electron chi connectivity index (χ1n) is 6.91. The van der Waals surface area contributed by atoms with Crippen molar-refractivity contribution in [1.82, 2.24) is 9.62 Å². The Balaban J connectivity index is 2.16. The topological polar surface area (TPSA) is 86.7 Å². The highest BCUT2D eigenvalue weighted by Gasteiger charge is 2.30. The highest BCUT2D eigenvalue weighted by molar-refractivity contribution is 7.89. The first-order valence-corrected chi connectivity index (χ1v) is 9.27. The van der Waals surface area contributed by atoms with Crippen molar-refractivity contribution >= 4 is 27.3 Å². The van der Waals surface area contributed by atoms with Crippen LogP contribution in [0.5, 0.6) is 0 Å². The van der Waals surface area contributed by atoms with E-state index >= 15 is 0 Å². The van der Waals surface area contributed by atoms with Crippen LogP contribution in [0.25, 0.3) is 0 Å². The van der Waals surface area contributed by atoms with E-state index in [2.05, 4.69) is 16.5 Å². The van der Waals surface area contributed by atoms with Crippen LogP contribution < -0.4 is 4.72 Å². The highest BCUT2D eigenvalue weighted by Crippen LogP contribution is 2.27. The summed E-state index contributed by atoms with van der Waals surface area (Å²) in [6, 6.07) is -0.126. The zero-order chi connectivity index (χ0) is 15.6. The Bertz CT molecular complexity index is 616. The average molecular weight is 332 g/mol. The van der Waals surface area contributed by atoms with Crippen LogP contribution in [0.2, 0.25) is 0 Å². The van der Waals surface area contributed by atoms with Crippen molar-refractivity contribution in [2.75, 3.05) is 19.6 Å². The van der Waals surface area contributed by atoms with E-state index in [1.54, 1.807) is 12.3 Å². The lowest BCUT2D eigenvalue weighted by Gasteiger charge is -2.31. The van der Waals surface area contributed by atoms with Crippen molar-refractivity contribution in [3.05, 3.63) is 15.8 Å². The lowest BCUT2D eigenvalue weighted by molar-refractivity contribution is 0.0698. The van der Waals surface area contributed by atoms with Crippen molar-refractivity contribution < 1.29 is 18.3 Å². The molecule has 118 valence electrons. The summed E-state index contributed by atoms with van der Waals surface area (Å²) >= 11 is 0.950. The number of piperidine rings is 1. The number of carboxylic acids is 1. The van der Waals surface area contributed by atoms with Crippen LogP contribution in [-0.2, 0) is 10.0 Å². The van der Waals surface area contributed by atoms with Crippen LogP contribution in [0, 0.1) is 6.92 Å². The zero-order valence-electron chi connectivity index (χ0n) is 12.1. The molecular weight excluding hydrogens is 312 g/mol. The molecule has 1 aromatic rings. The zero-order valence-corrected chi connectivity index (χ0v) is 13.8. The normalized spacial score (nSPS) is 18.0. The molecule has 0 aromatic carbocycles. The van der Waals surface area contributed by atoms with Gasteiger partial charge in [-0.3, -0.25) is 0 Å². The van der Waals surface area contributed by atoms with Crippen LogP contribution in [0.15, 0.2) is 10.3 Å². The average Bonchev–Trinajstić information content (AvgIpc) is 2.82. The minimum Gasteiger partial charge on any atom is -0.477 e. The Morgan fingerprint density at radius 2 is 2.10 bits per heavy atom. The predicted molar refractivity (Wildman–Crippen MR) is 81.5 cm³/mol. The molecule has 0 unspecified atom stereocenters. The van der Waals surface area contributed by atoms with E-state index < -0.39 is 16.0 Å². The van der Waals surface area contributed by atoms with Crippen LogP contribution >= 0.6 is 11.3 Å². The van der Waals surface area contributed by atoms with Gasteiger partial charge in [0.05, 0.1) is 0 Å². The van der Waals surface area contributed by atoms with Crippen molar-refractivity contribution in [3.63, 3.8) is 0 Å². The van der Waals surface area contributed by atoms with Gasteiger partial charge in [-0.1, -0.05) is 6.92 Å². The van der Waals surface area contributed by atoms with Crippen molar-refractivity contribution in [2.24, 2.45) is 0 Å². The molecule has 2 N–H and O–H groups in total. The summed E-state index contributed by atoms with van der Waals surface area (Å²) in [5.41, 5.74) is 0.482. The first-order chi connectivity index (χ1) is 9.85. The molecule has 0 bridgehead atoms. The lowest BCUT2D eigenvalue weighted by atomic mass is 10.1. The van der Waals surface area contributed by atoms with Gasteiger partial charge in [-0.25, -0.2) is 17.9 Å². The summed E-state index contributed by atoms with van der Waals surface area (Å²) in [4.78, 5) is 13.2. The molecule has 21 heavy (non-hydrogen) atoms. The molecule has 1 saturated heterocycles. The second-order valence-corrected chi connectivity index (χ2v) is 7.74. The van der Waals surface area contributed by atoms with E-state index in [-0.39, 0.29) is 15.8 Å². The van der Waals surface area contributed by atoms with Gasteiger partial charge in [0.25, 0.3) is 0 Å². The van der Waals surface area contributed by atoms with E-state index in [9.17, 15) is 13.2 Å². The number of aryl methyl sites for hydroxylation is 1. The minimum atomic E-state index is -3.79. The van der Waals surface area contributed by atoms with Gasteiger partial charge in [-0.15, -0.1) is 11.3 Å². The lowest BCUT2D eigenvalue weighted by Crippen LogP contribution is -2.44. The van der Waals surface area contributed by atoms with E-state index in [0.29, 0.717) is 5.56 Å². The summed E-state index contributed by atoms with van der Waals surface area (Å²) in [7, 11) is -3.79. The Morgan fingerprint density at radius 3 is 2.62 bits per heavy atom. The summed E-state index contributed by atoms with van der Waals surface area (Å²) in [6.07, 6.45) is 1.50. The van der Waals surface area contributed by atoms with Gasteiger partial charge >= 0.3 is 5.97 Å². The fourth-order valence-electron chi connectivity index (χ4n) is 2.56. The number of aromatic carboxylic acids is 1. The second kappa shape index (κ2) is 6.43. The summed E-state index contributed by atoms with van der Waals surface area (Å²) in [5, 5.41) is 10.7. The molecule has 1 aliphatic rings. The van der Waals surface area contributed by atoms with Gasteiger partial charge in [0.2, 0.25) is 10.0 Å². The molecular formula is C13H20N2O4S2. The number of thiophene rings is 1. The Kier molecular flexibility index (Phi) is 5.03. The van der Waals surface area contributed by atoms with E-state index in [4.69, 9.17) is 5.11 Å². The molecule has 0 spiro atoms. The Labute approximate surface area is 128 Å². The number of hydrogen-bond acceptors (Lipinski definition) is 5. The van der Waals surface area contributed by atoms with Crippen LogP contribution in [0.1, 0.15) is 35.0 Å². The van der Waals surface area contributed by atoms with E-state index in [1.165, 1.54) is 0 Å². The van der Waals surface area contributed by atoms with Crippen molar-refractivity contribution in [2.45, 2.75) is 37.6 Å². The van der Waals surface area contributed by atoms with Gasteiger partial charge in [0.15, 0.2) is 0 Å². The maximum absolute atomic E-state index is 12.5. The molecule has 2 heterocycles. The number of sulfonamides is 1. The van der Waals surface area contributed by atoms with E-state index in [1.807, 2.05) is 0 Å². The quantitative estimate of drug-likeness (QED) is 0.854. The van der Waals surface area contributed by atoms with Gasteiger partial charge in [-0.05, 0) is 50.3 Å². The van der Waals surface area contributed by atoms with Crippen LogP contribution in [0.3, 0.4) is 0 Å². The summed E-state index contributed by atoms with van der Waals surface area (Å²) in [6.45, 7) is 6.39. The molecule has 0 atom stereocenters. The maximum Gasteiger partial charge on any atom is 0.347 e. The van der Waals surface area contributed by atoms with Gasteiger partial charge < -0.3 is 10.0 Å². The molecule has 1 fully saturated rings. The number of nitrogens with one attached hydrogen (secondary N) is 1. The molecule has 8 heteroatoms. The van der Waals surface area contributed by atoms with Gasteiger partial charge in [-0.2, -0.15) is 0 Å². The number of likely N-dealkylation sites (tertiary alicyclic amines) is 1. The number of nitrogens with zero attached hydrogens (tertiary/aromatic N) is 1. The maximum atomic E-state index is 12.5. The molecule has 6 nitrogen and oxygen atoms in total. The third-order valence-corrected chi connectivity index (χ3v) is 6.66. The highest BCUT2D eigenvalue weighted by atomic mass is 32.2. The van der Waals surface area contributed by atoms with E-state index in [0.717, 1.165) is 43.8 Å². The minimum absolute atomic E-state index is 0.0853. The fourth-order valence-corrected chi connectivity index (χ4v) is 5.50. The Hall–Kier alpha value is -0.960. The number of rotatable bonds is 5. The van der Waals surface area contributed by atoms with Crippen molar-refractivity contribution in [1.29, 1.82) is 0 Å². The molecule has 1 aliphatic heterocycles. The Morgan fingerprint density at radius 1 is 1.48 bits per heavy atom. The first kappa shape index (κ1) is 16.4. The number of carbonyl (C=O) groups is 1. The van der Waals surface area contributed by atoms with Crippen LogP contribution in [-0.4, -0.2) is 50.1 Å². The summed E-state index contributed by atoms with van der Waals surface area (Å²) in [5.74, 6) is -1.20.